The van der Waals surface area contributed by atoms with E-state index in [-0.39, 0.29) is 5.56 Å². The summed E-state index contributed by atoms with van der Waals surface area (Å²) in [5, 5.41) is 0. The van der Waals surface area contributed by atoms with E-state index in [1.54, 1.807) is 40.9 Å². The van der Waals surface area contributed by atoms with Crippen LogP contribution in [0.2, 0.25) is 0 Å². The molecule has 2 N–H and O–H groups in total. The molecule has 0 bridgehead atoms. The van der Waals surface area contributed by atoms with Gasteiger partial charge in [-0.25, -0.2) is 4.98 Å². The van der Waals surface area contributed by atoms with Crippen molar-refractivity contribution in [3.63, 3.8) is 0 Å². The smallest absolute Gasteiger partial charge is 0.252 e. The van der Waals surface area contributed by atoms with Gasteiger partial charge in [0, 0.05) is 17.4 Å². The quantitative estimate of drug-likeness (QED) is 0.497. The highest BCUT2D eigenvalue weighted by Crippen LogP contribution is 2.35. The number of nitrogen functional groups attached to an aromatic ring is 1. The first-order valence-corrected chi connectivity index (χ1v) is 6.13. The number of hydrogen-bond donors (Lipinski definition) is 1. The minimum Gasteiger partial charge on any atom is -0.398 e. The predicted molar refractivity (Wildman–Crippen MR) is 73.7 cm³/mol. The molecule has 0 amide bonds. The van der Waals surface area contributed by atoms with Crippen molar-refractivity contribution in [1.82, 2.24) is 9.38 Å². The van der Waals surface area contributed by atoms with E-state index < -0.39 is 11.6 Å². The fourth-order valence-corrected chi connectivity index (χ4v) is 2.64. The molecule has 2 heterocycles. The van der Waals surface area contributed by atoms with Crippen molar-refractivity contribution >= 4 is 22.9 Å². The first-order valence-electron chi connectivity index (χ1n) is 6.13. The molecule has 0 saturated heterocycles. The van der Waals surface area contributed by atoms with Gasteiger partial charge in [0.05, 0.1) is 5.56 Å². The number of benzene rings is 1. The predicted octanol–water partition coefficient (Wildman–Crippen LogP) is 1.96. The fraction of sp³-hybridized carbons (Fsp3) is 0. The number of carbonyl (C=O) groups excluding carboxylic acids is 2. The zero-order valence-corrected chi connectivity index (χ0v) is 10.3. The summed E-state index contributed by atoms with van der Waals surface area (Å²) in [5.74, 6) is -1.14. The van der Waals surface area contributed by atoms with Crippen LogP contribution in [0, 0.1) is 0 Å². The Morgan fingerprint density at radius 2 is 1.85 bits per heavy atom. The van der Waals surface area contributed by atoms with Crippen LogP contribution in [0.15, 0.2) is 42.6 Å². The van der Waals surface area contributed by atoms with Crippen LogP contribution in [0.3, 0.4) is 0 Å². The van der Waals surface area contributed by atoms with Gasteiger partial charge in [-0.3, -0.25) is 14.0 Å². The van der Waals surface area contributed by atoms with Gasteiger partial charge in [-0.2, -0.15) is 0 Å². The number of hydrogen-bond acceptors (Lipinski definition) is 4. The van der Waals surface area contributed by atoms with Crippen LogP contribution in [0.25, 0.3) is 16.9 Å². The van der Waals surface area contributed by atoms with Gasteiger partial charge in [0.1, 0.15) is 17.0 Å². The van der Waals surface area contributed by atoms with Crippen LogP contribution in [-0.2, 0) is 0 Å². The van der Waals surface area contributed by atoms with Crippen molar-refractivity contribution < 1.29 is 9.59 Å². The maximum absolute atomic E-state index is 12.3. The third kappa shape index (κ3) is 1.19. The van der Waals surface area contributed by atoms with Gasteiger partial charge < -0.3 is 5.73 Å². The molecule has 0 fully saturated rings. The Morgan fingerprint density at radius 1 is 1.00 bits per heavy atom. The second-order valence-electron chi connectivity index (χ2n) is 4.67. The van der Waals surface area contributed by atoms with Crippen LogP contribution in [0.1, 0.15) is 20.8 Å². The Hall–Kier alpha value is -2.95. The van der Waals surface area contributed by atoms with Gasteiger partial charge in [0.2, 0.25) is 5.78 Å². The highest BCUT2D eigenvalue weighted by molar-refractivity contribution is 6.53. The molecule has 1 aliphatic rings. The van der Waals surface area contributed by atoms with E-state index in [1.165, 1.54) is 0 Å². The molecule has 3 aromatic rings. The molecule has 20 heavy (non-hydrogen) atoms. The lowest BCUT2D eigenvalue weighted by Crippen LogP contribution is -2.23. The molecular formula is C15H9N3O2. The molecule has 2 aromatic heterocycles. The number of nitrogens with zero attached hydrogens (tertiary/aromatic N) is 2. The van der Waals surface area contributed by atoms with Gasteiger partial charge in [-0.15, -0.1) is 0 Å². The average molecular weight is 263 g/mol. The van der Waals surface area contributed by atoms with Crippen LogP contribution in [0.5, 0.6) is 0 Å². The molecule has 1 aromatic carbocycles. The van der Waals surface area contributed by atoms with E-state index in [0.717, 1.165) is 0 Å². The van der Waals surface area contributed by atoms with Crippen molar-refractivity contribution in [3.8, 4) is 11.3 Å². The first kappa shape index (κ1) is 10.9. The van der Waals surface area contributed by atoms with Gasteiger partial charge >= 0.3 is 0 Å². The molecule has 96 valence electrons. The van der Waals surface area contributed by atoms with Gasteiger partial charge in [-0.05, 0) is 18.2 Å². The standard InChI is InChI=1S/C15H9N3O2/c16-9-5-3-4-8-11(9)14(19)15(20)13-12(8)17-10-6-1-2-7-18(10)13/h1-7H,16H2. The van der Waals surface area contributed by atoms with Gasteiger partial charge in [0.25, 0.3) is 5.78 Å². The summed E-state index contributed by atoms with van der Waals surface area (Å²) in [5.41, 5.74) is 8.48. The highest BCUT2D eigenvalue weighted by Gasteiger charge is 2.35. The molecule has 0 saturated carbocycles. The van der Waals surface area contributed by atoms with E-state index in [9.17, 15) is 9.59 Å². The summed E-state index contributed by atoms with van der Waals surface area (Å²) >= 11 is 0. The number of Topliss-reactive ketones (excluding diaryl/α,β-unsaturated/α-hetero) is 2. The van der Waals surface area contributed by atoms with E-state index >= 15 is 0 Å². The Morgan fingerprint density at radius 3 is 2.70 bits per heavy atom. The molecule has 0 atom stereocenters. The highest BCUT2D eigenvalue weighted by atomic mass is 16.2. The number of imidazole rings is 1. The summed E-state index contributed by atoms with van der Waals surface area (Å²) < 4.78 is 1.64. The summed E-state index contributed by atoms with van der Waals surface area (Å²) in [4.78, 5) is 29.1. The van der Waals surface area contributed by atoms with Crippen molar-refractivity contribution in [1.29, 1.82) is 0 Å². The largest absolute Gasteiger partial charge is 0.398 e. The third-order valence-corrected chi connectivity index (χ3v) is 3.53. The summed E-state index contributed by atoms with van der Waals surface area (Å²) in [6, 6.07) is 10.6. The number of aromatic nitrogens is 2. The second kappa shape index (κ2) is 3.54. The summed E-state index contributed by atoms with van der Waals surface area (Å²) in [7, 11) is 0. The zero-order chi connectivity index (χ0) is 13.9. The van der Waals surface area contributed by atoms with E-state index in [2.05, 4.69) is 4.98 Å². The molecule has 1 aliphatic carbocycles. The number of anilines is 1. The summed E-state index contributed by atoms with van der Waals surface area (Å²) in [6.07, 6.45) is 1.73. The van der Waals surface area contributed by atoms with Crippen molar-refractivity contribution in [2.45, 2.75) is 0 Å². The van der Waals surface area contributed by atoms with Crippen LogP contribution >= 0.6 is 0 Å². The lowest BCUT2D eigenvalue weighted by atomic mass is 9.89. The first-order chi connectivity index (χ1) is 9.68. The Balaban J connectivity index is 2.20. The molecule has 0 aliphatic heterocycles. The van der Waals surface area contributed by atoms with Crippen molar-refractivity contribution in [2.24, 2.45) is 0 Å². The zero-order valence-electron chi connectivity index (χ0n) is 10.3. The fourth-order valence-electron chi connectivity index (χ4n) is 2.64. The van der Waals surface area contributed by atoms with Gasteiger partial charge in [0.15, 0.2) is 0 Å². The normalized spacial score (nSPS) is 13.4. The minimum atomic E-state index is -0.573. The topological polar surface area (TPSA) is 77.5 Å². The van der Waals surface area contributed by atoms with Crippen LogP contribution in [0.4, 0.5) is 5.69 Å². The molecule has 0 unspecified atom stereocenters. The third-order valence-electron chi connectivity index (χ3n) is 3.53. The average Bonchev–Trinajstić information content (AvgIpc) is 2.84. The Bertz CT molecular complexity index is 909. The summed E-state index contributed by atoms with van der Waals surface area (Å²) in [6.45, 7) is 0. The Kier molecular flexibility index (Phi) is 1.93. The molecule has 5 heteroatoms. The van der Waals surface area contributed by atoms with Crippen LogP contribution < -0.4 is 5.73 Å². The number of rotatable bonds is 0. The molecule has 4 rings (SSSR count). The molecule has 0 spiro atoms. The second-order valence-corrected chi connectivity index (χ2v) is 4.67. The monoisotopic (exact) mass is 263 g/mol. The SMILES string of the molecule is Nc1cccc2c1C(=O)C(=O)c1c-2nc2ccccn12. The van der Waals surface area contributed by atoms with E-state index in [1.807, 2.05) is 6.07 Å². The Labute approximate surface area is 113 Å². The molecule has 0 radical (unpaired) electrons. The lowest BCUT2D eigenvalue weighted by molar-refractivity contribution is 0.0812. The van der Waals surface area contributed by atoms with Gasteiger partial charge in [-0.1, -0.05) is 18.2 Å². The number of carbonyl (C=O) groups is 2. The minimum absolute atomic E-state index is 0.258. The van der Waals surface area contributed by atoms with Crippen molar-refractivity contribution in [2.75, 3.05) is 5.73 Å². The number of ketones is 2. The lowest BCUT2D eigenvalue weighted by Gasteiger charge is -2.15. The molecule has 5 nitrogen and oxygen atoms in total. The molecular weight excluding hydrogens is 254 g/mol. The van der Waals surface area contributed by atoms with E-state index in [4.69, 9.17) is 5.73 Å². The maximum Gasteiger partial charge on any atom is 0.252 e. The number of nitrogens with two attached hydrogens (primary N) is 1. The van der Waals surface area contributed by atoms with E-state index in [0.29, 0.717) is 28.3 Å². The number of fused-ring (bicyclic) bond motifs is 5. The van der Waals surface area contributed by atoms with Crippen molar-refractivity contribution in [3.05, 3.63) is 53.9 Å². The van der Waals surface area contributed by atoms with Crippen LogP contribution in [-0.4, -0.2) is 21.0 Å². The number of pyridine rings is 1. The maximum atomic E-state index is 12.3.